The van der Waals surface area contributed by atoms with Crippen molar-refractivity contribution in [3.05, 3.63) is 29.6 Å². The average molecular weight is 149 g/mol. The third kappa shape index (κ3) is 1.71. The molecule has 0 bridgehead atoms. The molecule has 0 fully saturated rings. The third-order valence-electron chi connectivity index (χ3n) is 1.20. The van der Waals surface area contributed by atoms with Gasteiger partial charge in [0.2, 0.25) is 0 Å². The van der Waals surface area contributed by atoms with Crippen LogP contribution in [0.1, 0.15) is 5.56 Å². The minimum atomic E-state index is -0.503. The van der Waals surface area contributed by atoms with Crippen LogP contribution in [-0.4, -0.2) is 7.11 Å². The minimum absolute atomic E-state index is 0.318. The van der Waals surface area contributed by atoms with Gasteiger partial charge in [0, 0.05) is 5.56 Å². The Balaban J connectivity index is 3.15. The van der Waals surface area contributed by atoms with E-state index in [9.17, 15) is 4.39 Å². The van der Waals surface area contributed by atoms with E-state index >= 15 is 0 Å². The fourth-order valence-corrected chi connectivity index (χ4v) is 0.703. The summed E-state index contributed by atoms with van der Waals surface area (Å²) in [7, 11) is 1.44. The monoisotopic (exact) mass is 149 g/mol. The smallest absolute Gasteiger partial charge is 0.136 e. The van der Waals surface area contributed by atoms with E-state index in [1.807, 2.05) is 0 Å². The highest BCUT2D eigenvalue weighted by atomic mass is 19.1. The average Bonchev–Trinajstić information content (AvgIpc) is 2.03. The predicted molar refractivity (Wildman–Crippen MR) is 39.7 cm³/mol. The van der Waals surface area contributed by atoms with Gasteiger partial charge in [-0.1, -0.05) is 5.92 Å². The Morgan fingerprint density at radius 3 is 2.91 bits per heavy atom. The zero-order valence-electron chi connectivity index (χ0n) is 6.02. The second kappa shape index (κ2) is 3.07. The highest BCUT2D eigenvalue weighted by molar-refractivity contribution is 5.38. The molecule has 0 saturated heterocycles. The summed E-state index contributed by atoms with van der Waals surface area (Å²) in [6.07, 6.45) is 5.06. The quantitative estimate of drug-likeness (QED) is 0.551. The van der Waals surface area contributed by atoms with Gasteiger partial charge in [-0.25, -0.2) is 4.39 Å². The molecule has 11 heavy (non-hydrogen) atoms. The number of rotatable bonds is 1. The van der Waals surface area contributed by atoms with E-state index in [4.69, 9.17) is 11.2 Å². The highest BCUT2D eigenvalue weighted by Crippen LogP contribution is 2.13. The maximum absolute atomic E-state index is 12.6. The first-order valence-electron chi connectivity index (χ1n) is 2.99. The fraction of sp³-hybridized carbons (Fsp3) is 0.111. The van der Waals surface area contributed by atoms with Crippen molar-refractivity contribution in [1.82, 2.24) is 0 Å². The van der Waals surface area contributed by atoms with Gasteiger partial charge in [-0.15, -0.1) is 6.42 Å². The molecule has 1 radical (unpaired) electrons. The van der Waals surface area contributed by atoms with Gasteiger partial charge in [-0.2, -0.15) is 0 Å². The molecule has 1 aromatic carbocycles. The van der Waals surface area contributed by atoms with Gasteiger partial charge in [-0.05, 0) is 12.1 Å². The number of terminal acetylenes is 1. The molecule has 0 aliphatic carbocycles. The molecule has 55 valence electrons. The fourth-order valence-electron chi connectivity index (χ4n) is 0.703. The van der Waals surface area contributed by atoms with Gasteiger partial charge in [-0.3, -0.25) is 0 Å². The van der Waals surface area contributed by atoms with Crippen molar-refractivity contribution in [3.63, 3.8) is 0 Å². The summed E-state index contributed by atoms with van der Waals surface area (Å²) < 4.78 is 17.3. The summed E-state index contributed by atoms with van der Waals surface area (Å²) in [4.78, 5) is 0. The molecular weight excluding hydrogens is 143 g/mol. The molecule has 0 aliphatic heterocycles. The summed E-state index contributed by atoms with van der Waals surface area (Å²) in [5.41, 5.74) is 0.457. The summed E-state index contributed by atoms with van der Waals surface area (Å²) in [5, 5.41) is 0. The molecule has 0 spiro atoms. The van der Waals surface area contributed by atoms with Crippen molar-refractivity contribution >= 4 is 0 Å². The Kier molecular flexibility index (Phi) is 2.12. The van der Waals surface area contributed by atoms with Crippen molar-refractivity contribution in [3.8, 4) is 18.1 Å². The van der Waals surface area contributed by atoms with E-state index in [0.717, 1.165) is 0 Å². The standard InChI is InChI=1S/C9H6FO/c1-3-7-4-8(10)6-9(5-7)11-2/h1,4-5H,2H3. The van der Waals surface area contributed by atoms with Crippen molar-refractivity contribution < 1.29 is 9.13 Å². The SMILES string of the molecule is C#Cc1cc(F)[c]c(OC)c1. The number of ether oxygens (including phenoxy) is 1. The molecule has 1 rings (SSSR count). The van der Waals surface area contributed by atoms with Crippen LogP contribution in [0.2, 0.25) is 0 Å². The number of halogens is 1. The van der Waals surface area contributed by atoms with Crippen molar-refractivity contribution in [2.45, 2.75) is 0 Å². The molecule has 1 aromatic rings. The van der Waals surface area contributed by atoms with E-state index in [-0.39, 0.29) is 0 Å². The zero-order chi connectivity index (χ0) is 8.27. The van der Waals surface area contributed by atoms with Crippen LogP contribution >= 0.6 is 0 Å². The Labute approximate surface area is 64.8 Å². The highest BCUT2D eigenvalue weighted by Gasteiger charge is 1.98. The van der Waals surface area contributed by atoms with Crippen molar-refractivity contribution in [2.24, 2.45) is 0 Å². The van der Waals surface area contributed by atoms with Gasteiger partial charge in [0.25, 0.3) is 0 Å². The van der Waals surface area contributed by atoms with Crippen LogP contribution in [-0.2, 0) is 0 Å². The number of methoxy groups -OCH3 is 1. The lowest BCUT2D eigenvalue weighted by molar-refractivity contribution is 0.410. The van der Waals surface area contributed by atoms with Crippen LogP contribution in [0.25, 0.3) is 0 Å². The van der Waals surface area contributed by atoms with E-state index in [1.54, 1.807) is 6.07 Å². The lowest BCUT2D eigenvalue weighted by Crippen LogP contribution is -1.86. The second-order valence-corrected chi connectivity index (χ2v) is 1.93. The lowest BCUT2D eigenvalue weighted by Gasteiger charge is -1.98. The van der Waals surface area contributed by atoms with Crippen LogP contribution in [0.3, 0.4) is 0 Å². The third-order valence-corrected chi connectivity index (χ3v) is 1.20. The molecule has 0 aromatic heterocycles. The molecule has 0 atom stereocenters. The minimum Gasteiger partial charge on any atom is -0.496 e. The van der Waals surface area contributed by atoms with Gasteiger partial charge in [0.05, 0.1) is 13.2 Å². The van der Waals surface area contributed by atoms with E-state index < -0.39 is 5.82 Å². The second-order valence-electron chi connectivity index (χ2n) is 1.93. The van der Waals surface area contributed by atoms with E-state index in [0.29, 0.717) is 11.3 Å². The zero-order valence-corrected chi connectivity index (χ0v) is 6.02. The van der Waals surface area contributed by atoms with E-state index in [1.165, 1.54) is 13.2 Å². The Bertz CT molecular complexity index is 299. The first kappa shape index (κ1) is 7.62. The van der Waals surface area contributed by atoms with Gasteiger partial charge in [0.1, 0.15) is 11.6 Å². The van der Waals surface area contributed by atoms with Crippen LogP contribution in [0.15, 0.2) is 12.1 Å². The summed E-state index contributed by atoms with van der Waals surface area (Å²) >= 11 is 0. The molecule has 0 unspecified atom stereocenters. The maximum Gasteiger partial charge on any atom is 0.136 e. The number of benzene rings is 1. The van der Waals surface area contributed by atoms with Crippen LogP contribution in [0, 0.1) is 24.2 Å². The lowest BCUT2D eigenvalue weighted by atomic mass is 10.2. The largest absolute Gasteiger partial charge is 0.496 e. The van der Waals surface area contributed by atoms with Crippen LogP contribution < -0.4 is 4.74 Å². The topological polar surface area (TPSA) is 9.23 Å². The van der Waals surface area contributed by atoms with Gasteiger partial charge < -0.3 is 4.74 Å². The molecule has 0 aliphatic rings. The summed E-state index contributed by atoms with van der Waals surface area (Å²) in [6, 6.07) is 5.12. The van der Waals surface area contributed by atoms with Gasteiger partial charge >= 0.3 is 0 Å². The Hall–Kier alpha value is -1.49. The van der Waals surface area contributed by atoms with E-state index in [2.05, 4.69) is 12.0 Å². The van der Waals surface area contributed by atoms with Crippen molar-refractivity contribution in [2.75, 3.05) is 7.11 Å². The maximum atomic E-state index is 12.6. The number of hydrogen-bond acceptors (Lipinski definition) is 1. The van der Waals surface area contributed by atoms with Crippen LogP contribution in [0.5, 0.6) is 5.75 Å². The number of hydrogen-bond donors (Lipinski definition) is 0. The first-order chi connectivity index (χ1) is 5.26. The first-order valence-corrected chi connectivity index (χ1v) is 2.99. The summed E-state index contributed by atoms with van der Waals surface area (Å²) in [5.74, 6) is 2.12. The normalized spacial score (nSPS) is 8.82. The molecule has 0 N–H and O–H groups in total. The van der Waals surface area contributed by atoms with Gasteiger partial charge in [0.15, 0.2) is 0 Å². The predicted octanol–water partition coefficient (Wildman–Crippen LogP) is 1.62. The molecule has 0 heterocycles. The molecule has 0 amide bonds. The summed E-state index contributed by atoms with van der Waals surface area (Å²) in [6.45, 7) is 0. The van der Waals surface area contributed by atoms with Crippen LogP contribution in [0.4, 0.5) is 4.39 Å². The molecule has 0 saturated carbocycles. The molecule has 1 nitrogen and oxygen atoms in total. The Morgan fingerprint density at radius 2 is 2.36 bits per heavy atom. The molecule has 2 heteroatoms. The van der Waals surface area contributed by atoms with Crippen molar-refractivity contribution in [1.29, 1.82) is 0 Å². The molecular formula is C9H6FO. The Morgan fingerprint density at radius 1 is 1.64 bits per heavy atom.